The molecule has 1 saturated heterocycles. The minimum atomic E-state index is 0.0313. The van der Waals surface area contributed by atoms with Crippen molar-refractivity contribution in [2.45, 2.75) is 45.6 Å². The second-order valence-corrected chi connectivity index (χ2v) is 5.25. The molecule has 4 heteroatoms. The van der Waals surface area contributed by atoms with Gasteiger partial charge < -0.3 is 16.0 Å². The second kappa shape index (κ2) is 7.67. The van der Waals surface area contributed by atoms with Crippen LogP contribution in [-0.2, 0) is 4.79 Å². The zero-order valence-electron chi connectivity index (χ0n) is 11.2. The van der Waals surface area contributed by atoms with E-state index in [1.54, 1.807) is 0 Å². The zero-order valence-corrected chi connectivity index (χ0v) is 11.2. The number of piperidine rings is 1. The monoisotopic (exact) mass is 241 g/mol. The predicted molar refractivity (Wildman–Crippen MR) is 70.7 cm³/mol. The van der Waals surface area contributed by atoms with Crippen LogP contribution in [0.3, 0.4) is 0 Å². The van der Waals surface area contributed by atoms with Crippen LogP contribution in [0, 0.1) is 5.92 Å². The number of nitrogens with one attached hydrogen (secondary N) is 1. The Balaban J connectivity index is 2.23. The number of carbonyl (C=O) groups excluding carboxylic acids is 1. The van der Waals surface area contributed by atoms with Crippen molar-refractivity contribution < 1.29 is 4.79 Å². The summed E-state index contributed by atoms with van der Waals surface area (Å²) in [6, 6.07) is 0.237. The lowest BCUT2D eigenvalue weighted by molar-refractivity contribution is -0.125. The third-order valence-corrected chi connectivity index (χ3v) is 3.42. The van der Waals surface area contributed by atoms with Gasteiger partial charge in [0.1, 0.15) is 0 Å². The van der Waals surface area contributed by atoms with E-state index in [4.69, 9.17) is 5.73 Å². The molecule has 1 heterocycles. The summed E-state index contributed by atoms with van der Waals surface area (Å²) in [5, 5.41) is 3.08. The number of likely N-dealkylation sites (tertiary alicyclic amines) is 1. The maximum atomic E-state index is 11.8. The lowest BCUT2D eigenvalue weighted by Crippen LogP contribution is -2.45. The van der Waals surface area contributed by atoms with Gasteiger partial charge in [0, 0.05) is 18.5 Å². The summed E-state index contributed by atoms with van der Waals surface area (Å²) in [4.78, 5) is 14.2. The molecular weight excluding hydrogens is 214 g/mol. The highest BCUT2D eigenvalue weighted by Crippen LogP contribution is 2.09. The number of amides is 1. The lowest BCUT2D eigenvalue weighted by Gasteiger charge is -2.29. The molecule has 1 amide bonds. The van der Waals surface area contributed by atoms with E-state index in [-0.39, 0.29) is 17.9 Å². The van der Waals surface area contributed by atoms with Crippen LogP contribution in [0.15, 0.2) is 0 Å². The molecule has 2 unspecified atom stereocenters. The standard InChI is InChI=1S/C13H27N3O/c1-11(6-7-14)13(17)15-12(2)10-16-8-4-3-5-9-16/h11-12H,3-10,14H2,1-2H3,(H,15,17). The van der Waals surface area contributed by atoms with Gasteiger partial charge in [0.25, 0.3) is 0 Å². The van der Waals surface area contributed by atoms with Gasteiger partial charge in [-0.25, -0.2) is 0 Å². The largest absolute Gasteiger partial charge is 0.352 e. The van der Waals surface area contributed by atoms with Gasteiger partial charge in [0.15, 0.2) is 0 Å². The smallest absolute Gasteiger partial charge is 0.223 e. The molecule has 1 rings (SSSR count). The van der Waals surface area contributed by atoms with E-state index in [1.165, 1.54) is 32.4 Å². The summed E-state index contributed by atoms with van der Waals surface area (Å²) >= 11 is 0. The molecular formula is C13H27N3O. The van der Waals surface area contributed by atoms with Gasteiger partial charge in [0.05, 0.1) is 0 Å². The minimum Gasteiger partial charge on any atom is -0.352 e. The molecule has 1 fully saturated rings. The van der Waals surface area contributed by atoms with Crippen LogP contribution in [0.2, 0.25) is 0 Å². The number of nitrogens with zero attached hydrogens (tertiary/aromatic N) is 1. The summed E-state index contributed by atoms with van der Waals surface area (Å²) in [6.45, 7) is 7.94. The van der Waals surface area contributed by atoms with E-state index in [2.05, 4.69) is 17.1 Å². The van der Waals surface area contributed by atoms with E-state index in [1.807, 2.05) is 6.92 Å². The van der Waals surface area contributed by atoms with Crippen molar-refractivity contribution in [2.75, 3.05) is 26.2 Å². The summed E-state index contributed by atoms with van der Waals surface area (Å²) < 4.78 is 0. The first-order valence-corrected chi connectivity index (χ1v) is 6.86. The number of rotatable bonds is 6. The Hall–Kier alpha value is -0.610. The highest BCUT2D eigenvalue weighted by Gasteiger charge is 2.17. The molecule has 0 aromatic carbocycles. The Labute approximate surface area is 105 Å². The Kier molecular flexibility index (Phi) is 6.52. The first-order chi connectivity index (χ1) is 8.13. The quantitative estimate of drug-likeness (QED) is 0.728. The van der Waals surface area contributed by atoms with Crippen LogP contribution in [0.5, 0.6) is 0 Å². The molecule has 0 spiro atoms. The molecule has 0 saturated carbocycles. The van der Waals surface area contributed by atoms with Gasteiger partial charge in [-0.15, -0.1) is 0 Å². The normalized spacial score (nSPS) is 20.9. The average molecular weight is 241 g/mol. The molecule has 0 bridgehead atoms. The molecule has 0 radical (unpaired) electrons. The van der Waals surface area contributed by atoms with Crippen LogP contribution in [0.4, 0.5) is 0 Å². The van der Waals surface area contributed by atoms with E-state index in [0.29, 0.717) is 6.54 Å². The number of nitrogens with two attached hydrogens (primary N) is 1. The first-order valence-electron chi connectivity index (χ1n) is 6.86. The Bertz CT molecular complexity index is 227. The van der Waals surface area contributed by atoms with Crippen LogP contribution in [-0.4, -0.2) is 43.0 Å². The van der Waals surface area contributed by atoms with Crippen LogP contribution in [0.1, 0.15) is 39.5 Å². The van der Waals surface area contributed by atoms with Gasteiger partial charge in [-0.3, -0.25) is 4.79 Å². The lowest BCUT2D eigenvalue weighted by atomic mass is 10.1. The average Bonchev–Trinajstić information content (AvgIpc) is 2.30. The summed E-state index contributed by atoms with van der Waals surface area (Å²) in [5.74, 6) is 0.170. The third kappa shape index (κ3) is 5.50. The molecule has 1 aliphatic heterocycles. The molecule has 0 aliphatic carbocycles. The fourth-order valence-electron chi connectivity index (χ4n) is 2.34. The Morgan fingerprint density at radius 2 is 1.94 bits per heavy atom. The van der Waals surface area contributed by atoms with Gasteiger partial charge in [-0.05, 0) is 45.8 Å². The van der Waals surface area contributed by atoms with Crippen molar-refractivity contribution in [3.05, 3.63) is 0 Å². The maximum absolute atomic E-state index is 11.8. The molecule has 17 heavy (non-hydrogen) atoms. The van der Waals surface area contributed by atoms with E-state index < -0.39 is 0 Å². The topological polar surface area (TPSA) is 58.4 Å². The highest BCUT2D eigenvalue weighted by atomic mass is 16.1. The Morgan fingerprint density at radius 3 is 2.53 bits per heavy atom. The Morgan fingerprint density at radius 1 is 1.29 bits per heavy atom. The van der Waals surface area contributed by atoms with Crippen molar-refractivity contribution in [3.8, 4) is 0 Å². The fraction of sp³-hybridized carbons (Fsp3) is 0.923. The van der Waals surface area contributed by atoms with Crippen LogP contribution < -0.4 is 11.1 Å². The predicted octanol–water partition coefficient (Wildman–Crippen LogP) is 0.962. The van der Waals surface area contributed by atoms with E-state index >= 15 is 0 Å². The second-order valence-electron chi connectivity index (χ2n) is 5.25. The van der Waals surface area contributed by atoms with Gasteiger partial charge >= 0.3 is 0 Å². The van der Waals surface area contributed by atoms with Gasteiger partial charge in [-0.1, -0.05) is 13.3 Å². The number of carbonyl (C=O) groups is 1. The molecule has 0 aromatic rings. The zero-order chi connectivity index (χ0) is 12.7. The molecule has 3 N–H and O–H groups in total. The summed E-state index contributed by atoms with van der Waals surface area (Å²) in [7, 11) is 0. The van der Waals surface area contributed by atoms with Gasteiger partial charge in [0.2, 0.25) is 5.91 Å². The van der Waals surface area contributed by atoms with Crippen molar-refractivity contribution >= 4 is 5.91 Å². The molecule has 4 nitrogen and oxygen atoms in total. The van der Waals surface area contributed by atoms with Crippen molar-refractivity contribution in [1.82, 2.24) is 10.2 Å². The molecule has 100 valence electrons. The van der Waals surface area contributed by atoms with E-state index in [0.717, 1.165) is 13.0 Å². The maximum Gasteiger partial charge on any atom is 0.223 e. The van der Waals surface area contributed by atoms with Crippen molar-refractivity contribution in [2.24, 2.45) is 11.7 Å². The summed E-state index contributed by atoms with van der Waals surface area (Å²) in [5.41, 5.74) is 5.46. The molecule has 1 aliphatic rings. The minimum absolute atomic E-state index is 0.0313. The fourth-order valence-corrected chi connectivity index (χ4v) is 2.34. The molecule has 2 atom stereocenters. The third-order valence-electron chi connectivity index (χ3n) is 3.42. The molecule has 0 aromatic heterocycles. The van der Waals surface area contributed by atoms with Crippen molar-refractivity contribution in [3.63, 3.8) is 0 Å². The van der Waals surface area contributed by atoms with E-state index in [9.17, 15) is 4.79 Å². The number of hydrogen-bond acceptors (Lipinski definition) is 3. The van der Waals surface area contributed by atoms with Gasteiger partial charge in [-0.2, -0.15) is 0 Å². The highest BCUT2D eigenvalue weighted by molar-refractivity contribution is 5.78. The van der Waals surface area contributed by atoms with Crippen molar-refractivity contribution in [1.29, 1.82) is 0 Å². The first kappa shape index (κ1) is 14.5. The SMILES string of the molecule is CC(CN1CCCCC1)NC(=O)C(C)CCN. The summed E-state index contributed by atoms with van der Waals surface area (Å²) in [6.07, 6.45) is 4.71. The van der Waals surface area contributed by atoms with Crippen LogP contribution >= 0.6 is 0 Å². The number of hydrogen-bond donors (Lipinski definition) is 2. The van der Waals surface area contributed by atoms with Crippen LogP contribution in [0.25, 0.3) is 0 Å².